The lowest BCUT2D eigenvalue weighted by Crippen LogP contribution is -2.19. The zero-order valence-corrected chi connectivity index (χ0v) is 13.4. The number of hydrogen-bond donors (Lipinski definition) is 3. The van der Waals surface area contributed by atoms with E-state index in [-0.39, 0.29) is 11.6 Å². The summed E-state index contributed by atoms with van der Waals surface area (Å²) < 4.78 is 5.92. The van der Waals surface area contributed by atoms with E-state index < -0.39 is 6.03 Å². The van der Waals surface area contributed by atoms with E-state index in [1.54, 1.807) is 37.4 Å². The molecule has 0 saturated carbocycles. The van der Waals surface area contributed by atoms with Crippen LogP contribution in [0.2, 0.25) is 0 Å². The second-order valence-electron chi connectivity index (χ2n) is 5.22. The number of nitrogens with one attached hydrogen (secondary N) is 2. The normalized spacial score (nSPS) is 10.3. The Morgan fingerprint density at radius 2 is 1.80 bits per heavy atom. The number of nitrogens with two attached hydrogens (primary N) is 1. The number of anilines is 1. The standard InChI is InChI=1S/C18H16N4O3/c1-20-17(23)15-10-16(13-4-2-3-5-14(13)22-15)25-12-8-6-11(7-9-12)21-18(19)24/h2-10H,1H3,(H,20,23)(H3,19,21,24). The summed E-state index contributed by atoms with van der Waals surface area (Å²) in [6.07, 6.45) is 0. The van der Waals surface area contributed by atoms with Crippen LogP contribution in [0.1, 0.15) is 10.5 Å². The number of hydrogen-bond acceptors (Lipinski definition) is 4. The topological polar surface area (TPSA) is 106 Å². The SMILES string of the molecule is CNC(=O)c1cc(Oc2ccc(NC(N)=O)cc2)c2ccccc2n1. The summed E-state index contributed by atoms with van der Waals surface area (Å²) in [4.78, 5) is 27.1. The first-order chi connectivity index (χ1) is 12.1. The summed E-state index contributed by atoms with van der Waals surface area (Å²) in [5.74, 6) is 0.769. The molecule has 1 aromatic heterocycles. The first-order valence-electron chi connectivity index (χ1n) is 7.53. The molecule has 3 aromatic rings. The molecule has 0 aliphatic heterocycles. The summed E-state index contributed by atoms with van der Waals surface area (Å²) in [5, 5.41) is 5.82. The molecule has 0 aliphatic carbocycles. The van der Waals surface area contributed by atoms with E-state index in [1.165, 1.54) is 0 Å². The lowest BCUT2D eigenvalue weighted by Gasteiger charge is -2.11. The molecule has 0 saturated heterocycles. The number of fused-ring (bicyclic) bond motifs is 1. The fourth-order valence-corrected chi connectivity index (χ4v) is 2.35. The maximum absolute atomic E-state index is 11.9. The monoisotopic (exact) mass is 336 g/mol. The Hall–Kier alpha value is -3.61. The number of pyridine rings is 1. The summed E-state index contributed by atoms with van der Waals surface area (Å²) >= 11 is 0. The predicted octanol–water partition coefficient (Wildman–Crippen LogP) is 2.88. The fourth-order valence-electron chi connectivity index (χ4n) is 2.35. The van der Waals surface area contributed by atoms with E-state index >= 15 is 0 Å². The molecular weight excluding hydrogens is 320 g/mol. The van der Waals surface area contributed by atoms with Crippen molar-refractivity contribution in [1.29, 1.82) is 0 Å². The van der Waals surface area contributed by atoms with Crippen molar-refractivity contribution in [2.75, 3.05) is 12.4 Å². The van der Waals surface area contributed by atoms with Crippen LogP contribution in [0, 0.1) is 0 Å². The lowest BCUT2D eigenvalue weighted by atomic mass is 10.1. The summed E-state index contributed by atoms with van der Waals surface area (Å²) in [6.45, 7) is 0. The van der Waals surface area contributed by atoms with Gasteiger partial charge in [0, 0.05) is 24.2 Å². The molecule has 3 amide bonds. The average molecular weight is 336 g/mol. The molecular formula is C18H16N4O3. The van der Waals surface area contributed by atoms with E-state index in [0.717, 1.165) is 5.39 Å². The van der Waals surface area contributed by atoms with Crippen LogP contribution in [-0.2, 0) is 0 Å². The van der Waals surface area contributed by atoms with Crippen LogP contribution in [0.3, 0.4) is 0 Å². The molecule has 0 aliphatic rings. The number of aromatic nitrogens is 1. The summed E-state index contributed by atoms with van der Waals surface area (Å²) in [6, 6.07) is 15.1. The van der Waals surface area contributed by atoms with E-state index in [1.807, 2.05) is 24.3 Å². The maximum atomic E-state index is 11.9. The third-order valence-electron chi connectivity index (χ3n) is 3.49. The van der Waals surface area contributed by atoms with Crippen molar-refractivity contribution in [3.8, 4) is 11.5 Å². The Morgan fingerprint density at radius 3 is 2.48 bits per heavy atom. The zero-order chi connectivity index (χ0) is 17.8. The van der Waals surface area contributed by atoms with Gasteiger partial charge >= 0.3 is 6.03 Å². The Labute approximate surface area is 143 Å². The van der Waals surface area contributed by atoms with Gasteiger partial charge in [0.2, 0.25) is 0 Å². The Balaban J connectivity index is 1.97. The lowest BCUT2D eigenvalue weighted by molar-refractivity contribution is 0.0958. The quantitative estimate of drug-likeness (QED) is 0.681. The Bertz CT molecular complexity index is 939. The molecule has 0 atom stereocenters. The fraction of sp³-hybridized carbons (Fsp3) is 0.0556. The van der Waals surface area contributed by atoms with Crippen molar-refractivity contribution in [3.05, 3.63) is 60.3 Å². The molecule has 4 N–H and O–H groups in total. The third-order valence-corrected chi connectivity index (χ3v) is 3.49. The van der Waals surface area contributed by atoms with Gasteiger partial charge in [-0.1, -0.05) is 12.1 Å². The largest absolute Gasteiger partial charge is 0.457 e. The second-order valence-corrected chi connectivity index (χ2v) is 5.22. The molecule has 3 rings (SSSR count). The third kappa shape index (κ3) is 3.66. The number of ether oxygens (including phenoxy) is 1. The molecule has 0 radical (unpaired) electrons. The van der Waals surface area contributed by atoms with Crippen LogP contribution in [0.15, 0.2) is 54.6 Å². The number of amides is 3. The highest BCUT2D eigenvalue weighted by Crippen LogP contribution is 2.30. The van der Waals surface area contributed by atoms with Crippen molar-refractivity contribution in [2.24, 2.45) is 5.73 Å². The summed E-state index contributed by atoms with van der Waals surface area (Å²) in [7, 11) is 1.55. The maximum Gasteiger partial charge on any atom is 0.316 e. The van der Waals surface area contributed by atoms with Gasteiger partial charge in [-0.05, 0) is 36.4 Å². The molecule has 2 aromatic carbocycles. The van der Waals surface area contributed by atoms with E-state index in [4.69, 9.17) is 10.5 Å². The van der Waals surface area contributed by atoms with E-state index in [2.05, 4.69) is 15.6 Å². The van der Waals surface area contributed by atoms with Crippen molar-refractivity contribution >= 4 is 28.5 Å². The minimum absolute atomic E-state index is 0.267. The van der Waals surface area contributed by atoms with Crippen molar-refractivity contribution < 1.29 is 14.3 Å². The first kappa shape index (κ1) is 16.3. The van der Waals surface area contributed by atoms with Crippen molar-refractivity contribution in [1.82, 2.24) is 10.3 Å². The first-order valence-corrected chi connectivity index (χ1v) is 7.53. The average Bonchev–Trinajstić information content (AvgIpc) is 2.62. The predicted molar refractivity (Wildman–Crippen MR) is 94.9 cm³/mol. The number of carbonyl (C=O) groups is 2. The molecule has 126 valence electrons. The van der Waals surface area contributed by atoms with Gasteiger partial charge in [-0.15, -0.1) is 0 Å². The van der Waals surface area contributed by atoms with E-state index in [9.17, 15) is 9.59 Å². The smallest absolute Gasteiger partial charge is 0.316 e. The number of carbonyl (C=O) groups excluding carboxylic acids is 2. The van der Waals surface area contributed by atoms with Gasteiger partial charge < -0.3 is 21.1 Å². The molecule has 1 heterocycles. The minimum atomic E-state index is -0.635. The van der Waals surface area contributed by atoms with Gasteiger partial charge in [0.05, 0.1) is 5.52 Å². The van der Waals surface area contributed by atoms with Gasteiger partial charge in [0.1, 0.15) is 17.2 Å². The highest BCUT2D eigenvalue weighted by molar-refractivity contribution is 5.97. The molecule has 7 nitrogen and oxygen atoms in total. The second kappa shape index (κ2) is 6.88. The van der Waals surface area contributed by atoms with Crippen molar-refractivity contribution in [2.45, 2.75) is 0 Å². The number of urea groups is 1. The molecule has 0 unspecified atom stereocenters. The highest BCUT2D eigenvalue weighted by atomic mass is 16.5. The number of benzene rings is 2. The van der Waals surface area contributed by atoms with Crippen LogP contribution >= 0.6 is 0 Å². The van der Waals surface area contributed by atoms with Crippen LogP contribution in [0.25, 0.3) is 10.9 Å². The van der Waals surface area contributed by atoms with E-state index in [0.29, 0.717) is 22.7 Å². The Kier molecular flexibility index (Phi) is 4.47. The molecule has 7 heteroatoms. The number of para-hydroxylation sites is 1. The molecule has 0 fully saturated rings. The van der Waals surface area contributed by atoms with Gasteiger partial charge in [-0.3, -0.25) is 4.79 Å². The van der Waals surface area contributed by atoms with Crippen LogP contribution in [0.4, 0.5) is 10.5 Å². The molecule has 0 bridgehead atoms. The van der Waals surface area contributed by atoms with Crippen LogP contribution in [-0.4, -0.2) is 24.0 Å². The number of primary amides is 1. The van der Waals surface area contributed by atoms with Gasteiger partial charge in [-0.25, -0.2) is 9.78 Å². The number of rotatable bonds is 4. The van der Waals surface area contributed by atoms with Crippen LogP contribution < -0.4 is 21.1 Å². The number of nitrogens with zero attached hydrogens (tertiary/aromatic N) is 1. The van der Waals surface area contributed by atoms with Gasteiger partial charge in [0.15, 0.2) is 0 Å². The minimum Gasteiger partial charge on any atom is -0.457 e. The van der Waals surface area contributed by atoms with Gasteiger partial charge in [-0.2, -0.15) is 0 Å². The summed E-state index contributed by atoms with van der Waals surface area (Å²) in [5.41, 5.74) is 6.57. The zero-order valence-electron chi connectivity index (χ0n) is 13.4. The molecule has 25 heavy (non-hydrogen) atoms. The van der Waals surface area contributed by atoms with Gasteiger partial charge in [0.25, 0.3) is 5.91 Å². The molecule has 0 spiro atoms. The van der Waals surface area contributed by atoms with Crippen molar-refractivity contribution in [3.63, 3.8) is 0 Å². The highest BCUT2D eigenvalue weighted by Gasteiger charge is 2.12. The Morgan fingerprint density at radius 1 is 1.08 bits per heavy atom. The van der Waals surface area contributed by atoms with Crippen LogP contribution in [0.5, 0.6) is 11.5 Å².